The molecular weight excluding hydrogens is 320 g/mol. The number of nitrogens with zero attached hydrogens (tertiary/aromatic N) is 1. The highest BCUT2D eigenvalue weighted by atomic mass is 35.5. The average molecular weight is 341 g/mol. The molecule has 1 aromatic rings. The van der Waals surface area contributed by atoms with Gasteiger partial charge in [-0.15, -0.1) is 0 Å². The summed E-state index contributed by atoms with van der Waals surface area (Å²) >= 11 is 5.76. The molecule has 0 aromatic heterocycles. The van der Waals surface area contributed by atoms with Crippen molar-refractivity contribution < 1.29 is 14.4 Å². The molecule has 0 saturated carbocycles. The van der Waals surface area contributed by atoms with Crippen LogP contribution in [0.3, 0.4) is 0 Å². The first-order chi connectivity index (χ1) is 10.8. The van der Waals surface area contributed by atoms with Crippen LogP contribution in [0.15, 0.2) is 24.3 Å². The average Bonchev–Trinajstić information content (AvgIpc) is 2.39. The van der Waals surface area contributed by atoms with E-state index in [0.29, 0.717) is 10.7 Å². The maximum Gasteiger partial charge on any atom is 0.321 e. The molecule has 0 atom stereocenters. The van der Waals surface area contributed by atoms with E-state index >= 15 is 0 Å². The third kappa shape index (κ3) is 8.18. The van der Waals surface area contributed by atoms with Crippen LogP contribution in [0.5, 0.6) is 0 Å². The van der Waals surface area contributed by atoms with Gasteiger partial charge in [0.15, 0.2) is 0 Å². The molecule has 4 amide bonds. The summed E-state index contributed by atoms with van der Waals surface area (Å²) in [4.78, 5) is 36.4. The van der Waals surface area contributed by atoms with Gasteiger partial charge in [0.2, 0.25) is 11.8 Å². The second-order valence-corrected chi connectivity index (χ2v) is 5.84. The lowest BCUT2D eigenvalue weighted by Crippen LogP contribution is -2.46. The largest absolute Gasteiger partial charge is 0.336 e. The lowest BCUT2D eigenvalue weighted by Gasteiger charge is -2.16. The lowest BCUT2D eigenvalue weighted by molar-refractivity contribution is -0.122. The third-order valence-electron chi connectivity index (χ3n) is 2.63. The number of carbonyl (C=O) groups is 3. The monoisotopic (exact) mass is 340 g/mol. The number of imide groups is 1. The Morgan fingerprint density at radius 3 is 2.22 bits per heavy atom. The molecule has 0 bridgehead atoms. The van der Waals surface area contributed by atoms with Crippen LogP contribution in [0.4, 0.5) is 10.5 Å². The summed E-state index contributed by atoms with van der Waals surface area (Å²) in [6, 6.07) is 6.09. The van der Waals surface area contributed by atoms with Crippen molar-refractivity contribution in [3.8, 4) is 0 Å². The molecule has 0 aliphatic carbocycles. The van der Waals surface area contributed by atoms with Gasteiger partial charge < -0.3 is 10.6 Å². The Kier molecular flexibility index (Phi) is 7.50. The van der Waals surface area contributed by atoms with Crippen LogP contribution >= 0.6 is 11.6 Å². The van der Waals surface area contributed by atoms with Gasteiger partial charge in [-0.1, -0.05) is 11.6 Å². The van der Waals surface area contributed by atoms with E-state index < -0.39 is 11.9 Å². The van der Waals surface area contributed by atoms with Crippen molar-refractivity contribution in [3.63, 3.8) is 0 Å². The number of halogens is 1. The SMILES string of the molecule is CC(C)NC(=O)NC(=O)CN(C)CC(=O)Nc1ccc(Cl)cc1. The van der Waals surface area contributed by atoms with Crippen molar-refractivity contribution in [2.75, 3.05) is 25.5 Å². The molecule has 1 aromatic carbocycles. The Bertz CT molecular complexity index is 560. The van der Waals surface area contributed by atoms with Crippen molar-refractivity contribution in [1.29, 1.82) is 0 Å². The second kappa shape index (κ2) is 9.12. The highest BCUT2D eigenvalue weighted by Crippen LogP contribution is 2.13. The van der Waals surface area contributed by atoms with Crippen molar-refractivity contribution in [2.45, 2.75) is 19.9 Å². The number of amides is 4. The summed E-state index contributed by atoms with van der Waals surface area (Å²) in [5.74, 6) is -0.751. The quantitative estimate of drug-likeness (QED) is 0.731. The predicted molar refractivity (Wildman–Crippen MR) is 89.4 cm³/mol. The zero-order chi connectivity index (χ0) is 17.4. The number of anilines is 1. The Morgan fingerprint density at radius 2 is 1.65 bits per heavy atom. The summed E-state index contributed by atoms with van der Waals surface area (Å²) in [5.41, 5.74) is 0.619. The van der Waals surface area contributed by atoms with E-state index in [-0.39, 0.29) is 25.0 Å². The van der Waals surface area contributed by atoms with Crippen molar-refractivity contribution in [1.82, 2.24) is 15.5 Å². The maximum atomic E-state index is 11.9. The van der Waals surface area contributed by atoms with Crippen LogP contribution in [-0.2, 0) is 9.59 Å². The molecule has 8 heteroatoms. The first kappa shape index (κ1) is 18.9. The molecular formula is C15H21ClN4O3. The van der Waals surface area contributed by atoms with Gasteiger partial charge in [0.05, 0.1) is 13.1 Å². The van der Waals surface area contributed by atoms with Gasteiger partial charge in [0.1, 0.15) is 0 Å². The van der Waals surface area contributed by atoms with Crippen molar-refractivity contribution >= 4 is 35.1 Å². The summed E-state index contributed by atoms with van der Waals surface area (Å²) in [6.07, 6.45) is 0. The second-order valence-electron chi connectivity index (χ2n) is 5.40. The van der Waals surface area contributed by atoms with Crippen LogP contribution in [0.1, 0.15) is 13.8 Å². The highest BCUT2D eigenvalue weighted by molar-refractivity contribution is 6.30. The fraction of sp³-hybridized carbons (Fsp3) is 0.400. The zero-order valence-corrected chi connectivity index (χ0v) is 14.1. The summed E-state index contributed by atoms with van der Waals surface area (Å²) < 4.78 is 0. The molecule has 0 saturated heterocycles. The van der Waals surface area contributed by atoms with Gasteiger partial charge in [-0.3, -0.25) is 19.8 Å². The number of rotatable bonds is 6. The highest BCUT2D eigenvalue weighted by Gasteiger charge is 2.13. The van der Waals surface area contributed by atoms with Crippen LogP contribution in [0.25, 0.3) is 0 Å². The lowest BCUT2D eigenvalue weighted by atomic mass is 10.3. The van der Waals surface area contributed by atoms with Crippen molar-refractivity contribution in [3.05, 3.63) is 29.3 Å². The Balaban J connectivity index is 2.36. The molecule has 1 rings (SSSR count). The van der Waals surface area contributed by atoms with Gasteiger partial charge in [0, 0.05) is 16.8 Å². The topological polar surface area (TPSA) is 90.5 Å². The molecule has 0 aliphatic heterocycles. The maximum absolute atomic E-state index is 11.9. The Hall–Kier alpha value is -2.12. The first-order valence-corrected chi connectivity index (χ1v) is 7.48. The van der Waals surface area contributed by atoms with Gasteiger partial charge in [-0.2, -0.15) is 0 Å². The summed E-state index contributed by atoms with van der Waals surface area (Å²) in [7, 11) is 1.61. The van der Waals surface area contributed by atoms with Gasteiger partial charge in [-0.25, -0.2) is 4.79 Å². The molecule has 0 unspecified atom stereocenters. The minimum absolute atomic E-state index is 0.0157. The van der Waals surface area contributed by atoms with Gasteiger partial charge in [0.25, 0.3) is 0 Å². The van der Waals surface area contributed by atoms with E-state index in [4.69, 9.17) is 11.6 Å². The number of likely N-dealkylation sites (N-methyl/N-ethyl adjacent to an activating group) is 1. The minimum atomic E-state index is -0.552. The van der Waals surface area contributed by atoms with Crippen LogP contribution in [0.2, 0.25) is 5.02 Å². The normalized spacial score (nSPS) is 10.5. The number of nitrogens with one attached hydrogen (secondary N) is 3. The summed E-state index contributed by atoms with van der Waals surface area (Å²) in [6.45, 7) is 3.52. The molecule has 126 valence electrons. The number of hydrogen-bond donors (Lipinski definition) is 3. The zero-order valence-electron chi connectivity index (χ0n) is 13.4. The summed E-state index contributed by atoms with van der Waals surface area (Å²) in [5, 5.41) is 8.01. The van der Waals surface area contributed by atoms with Gasteiger partial charge in [-0.05, 0) is 45.2 Å². The fourth-order valence-electron chi connectivity index (χ4n) is 1.74. The van der Waals surface area contributed by atoms with E-state index in [1.54, 1.807) is 45.2 Å². The van der Waals surface area contributed by atoms with E-state index in [1.165, 1.54) is 4.90 Å². The Morgan fingerprint density at radius 1 is 1.09 bits per heavy atom. The first-order valence-electron chi connectivity index (χ1n) is 7.10. The molecule has 0 spiro atoms. The minimum Gasteiger partial charge on any atom is -0.336 e. The molecule has 7 nitrogen and oxygen atoms in total. The molecule has 23 heavy (non-hydrogen) atoms. The molecule has 3 N–H and O–H groups in total. The molecule has 0 aliphatic rings. The fourth-order valence-corrected chi connectivity index (χ4v) is 1.87. The number of benzene rings is 1. The third-order valence-corrected chi connectivity index (χ3v) is 2.88. The van der Waals surface area contributed by atoms with E-state index in [2.05, 4.69) is 16.0 Å². The Labute approximate surface area is 140 Å². The molecule has 0 fully saturated rings. The van der Waals surface area contributed by atoms with Crippen LogP contribution in [0, 0.1) is 0 Å². The van der Waals surface area contributed by atoms with Crippen molar-refractivity contribution in [2.24, 2.45) is 0 Å². The van der Waals surface area contributed by atoms with E-state index in [0.717, 1.165) is 0 Å². The number of urea groups is 1. The number of hydrogen-bond acceptors (Lipinski definition) is 4. The predicted octanol–water partition coefficient (Wildman–Crippen LogP) is 1.44. The van der Waals surface area contributed by atoms with E-state index in [1.807, 2.05) is 0 Å². The molecule has 0 radical (unpaired) electrons. The number of carbonyl (C=O) groups excluding carboxylic acids is 3. The van der Waals surface area contributed by atoms with E-state index in [9.17, 15) is 14.4 Å². The van der Waals surface area contributed by atoms with Crippen LogP contribution in [-0.4, -0.2) is 48.9 Å². The van der Waals surface area contributed by atoms with Gasteiger partial charge >= 0.3 is 6.03 Å². The van der Waals surface area contributed by atoms with Crippen LogP contribution < -0.4 is 16.0 Å². The standard InChI is InChI=1S/C15H21ClN4O3/c1-10(2)17-15(23)19-14(22)9-20(3)8-13(21)18-12-6-4-11(16)5-7-12/h4-7,10H,8-9H2,1-3H3,(H,18,21)(H2,17,19,22,23). The smallest absolute Gasteiger partial charge is 0.321 e. The molecule has 0 heterocycles.